The van der Waals surface area contributed by atoms with Crippen molar-refractivity contribution in [1.82, 2.24) is 14.8 Å². The van der Waals surface area contributed by atoms with Crippen LogP contribution in [-0.4, -0.2) is 71.3 Å². The van der Waals surface area contributed by atoms with Crippen molar-refractivity contribution in [2.75, 3.05) is 48.3 Å². The van der Waals surface area contributed by atoms with E-state index >= 15 is 0 Å². The van der Waals surface area contributed by atoms with Crippen LogP contribution < -0.4 is 15.5 Å². The van der Waals surface area contributed by atoms with E-state index in [1.165, 1.54) is 18.3 Å². The van der Waals surface area contributed by atoms with E-state index in [9.17, 15) is 14.4 Å². The molecule has 2 aliphatic rings. The highest BCUT2D eigenvalue weighted by Gasteiger charge is 2.36. The maximum atomic E-state index is 12.9. The highest BCUT2D eigenvalue weighted by molar-refractivity contribution is 7.11. The van der Waals surface area contributed by atoms with Crippen LogP contribution in [0, 0.1) is 0 Å². The van der Waals surface area contributed by atoms with Gasteiger partial charge in [0.25, 0.3) is 5.91 Å². The van der Waals surface area contributed by atoms with Crippen LogP contribution in [-0.2, 0) is 9.59 Å². The molecule has 36 heavy (non-hydrogen) atoms. The first kappa shape index (κ1) is 24.0. The van der Waals surface area contributed by atoms with E-state index < -0.39 is 0 Å². The number of thiazole rings is 1. The minimum atomic E-state index is -0.122. The highest BCUT2D eigenvalue weighted by Crippen LogP contribution is 2.29. The Morgan fingerprint density at radius 2 is 1.72 bits per heavy atom. The van der Waals surface area contributed by atoms with Crippen LogP contribution in [0.3, 0.4) is 0 Å². The van der Waals surface area contributed by atoms with Gasteiger partial charge >= 0.3 is 0 Å². The first-order valence-electron chi connectivity index (χ1n) is 11.9. The number of hydrogen-bond acceptors (Lipinski definition) is 7. The lowest BCUT2D eigenvalue weighted by atomic mass is 10.2. The summed E-state index contributed by atoms with van der Waals surface area (Å²) in [6.45, 7) is 4.87. The topological polar surface area (TPSA) is 97.9 Å². The summed E-state index contributed by atoms with van der Waals surface area (Å²) < 4.78 is 0. The standard InChI is InChI=1S/C26H28N6O3S/c1-18(33)28-19-4-2-5-20(14-19)29-21-6-3-7-22(15-21)32-17-23(16-24(32)34)30-9-11-31(12-10-30)26(35)25-27-8-13-36-25/h2-8,13-15,23,29H,9-12,16-17H2,1H3,(H,28,33). The molecule has 1 aromatic heterocycles. The average molecular weight is 505 g/mol. The molecule has 0 radical (unpaired) electrons. The van der Waals surface area contributed by atoms with Crippen LogP contribution >= 0.6 is 11.3 Å². The molecule has 0 saturated carbocycles. The molecule has 186 valence electrons. The summed E-state index contributed by atoms with van der Waals surface area (Å²) in [5, 5.41) is 8.48. The van der Waals surface area contributed by atoms with Crippen molar-refractivity contribution in [2.45, 2.75) is 19.4 Å². The van der Waals surface area contributed by atoms with Gasteiger partial charge in [-0.2, -0.15) is 0 Å². The van der Waals surface area contributed by atoms with Gasteiger partial charge in [0.2, 0.25) is 11.8 Å². The second-order valence-electron chi connectivity index (χ2n) is 8.97. The summed E-state index contributed by atoms with van der Waals surface area (Å²) in [7, 11) is 0. The molecule has 5 rings (SSSR count). The zero-order valence-electron chi connectivity index (χ0n) is 20.0. The van der Waals surface area contributed by atoms with Crippen molar-refractivity contribution in [1.29, 1.82) is 0 Å². The zero-order valence-corrected chi connectivity index (χ0v) is 20.8. The Morgan fingerprint density at radius 3 is 2.44 bits per heavy atom. The predicted molar refractivity (Wildman–Crippen MR) is 141 cm³/mol. The van der Waals surface area contributed by atoms with Crippen molar-refractivity contribution in [3.8, 4) is 0 Å². The van der Waals surface area contributed by atoms with Gasteiger partial charge in [0.05, 0.1) is 0 Å². The van der Waals surface area contributed by atoms with Gasteiger partial charge in [0.15, 0.2) is 5.01 Å². The quantitative estimate of drug-likeness (QED) is 0.534. The van der Waals surface area contributed by atoms with E-state index in [4.69, 9.17) is 0 Å². The maximum absolute atomic E-state index is 12.9. The molecular weight excluding hydrogens is 476 g/mol. The summed E-state index contributed by atoms with van der Waals surface area (Å²) in [5.74, 6) is -0.0319. The van der Waals surface area contributed by atoms with Crippen molar-refractivity contribution in [3.05, 3.63) is 65.1 Å². The molecule has 3 amide bonds. The number of nitrogens with zero attached hydrogens (tertiary/aromatic N) is 4. The monoisotopic (exact) mass is 504 g/mol. The van der Waals surface area contributed by atoms with Gasteiger partial charge in [-0.15, -0.1) is 11.3 Å². The fourth-order valence-corrected chi connectivity index (χ4v) is 5.34. The number of aromatic nitrogens is 1. The Hall–Kier alpha value is -3.76. The Balaban J connectivity index is 1.20. The first-order chi connectivity index (χ1) is 17.5. The van der Waals surface area contributed by atoms with Crippen molar-refractivity contribution < 1.29 is 14.4 Å². The number of carbonyl (C=O) groups excluding carboxylic acids is 3. The normalized spacial score (nSPS) is 18.4. The molecule has 2 aliphatic heterocycles. The molecule has 0 bridgehead atoms. The summed E-state index contributed by atoms with van der Waals surface area (Å²) >= 11 is 1.36. The molecule has 10 heteroatoms. The van der Waals surface area contributed by atoms with Gasteiger partial charge in [-0.1, -0.05) is 12.1 Å². The first-order valence-corrected chi connectivity index (χ1v) is 12.8. The maximum Gasteiger partial charge on any atom is 0.282 e. The van der Waals surface area contributed by atoms with Gasteiger partial charge in [-0.3, -0.25) is 19.3 Å². The molecule has 0 spiro atoms. The molecule has 9 nitrogen and oxygen atoms in total. The van der Waals surface area contributed by atoms with Gasteiger partial charge in [-0.05, 0) is 36.4 Å². The van der Waals surface area contributed by atoms with Crippen LogP contribution in [0.1, 0.15) is 23.1 Å². The number of hydrogen-bond donors (Lipinski definition) is 2. The Morgan fingerprint density at radius 1 is 1.00 bits per heavy atom. The third-order valence-electron chi connectivity index (χ3n) is 6.47. The smallest absolute Gasteiger partial charge is 0.282 e. The van der Waals surface area contributed by atoms with E-state index in [1.54, 1.807) is 6.20 Å². The molecule has 0 aliphatic carbocycles. The second kappa shape index (κ2) is 10.5. The molecule has 2 fully saturated rings. The Bertz CT molecular complexity index is 1260. The Kier molecular flexibility index (Phi) is 6.97. The van der Waals surface area contributed by atoms with Crippen molar-refractivity contribution >= 4 is 51.8 Å². The second-order valence-corrected chi connectivity index (χ2v) is 9.86. The average Bonchev–Trinajstić information content (AvgIpc) is 3.54. The third kappa shape index (κ3) is 5.39. The predicted octanol–water partition coefficient (Wildman–Crippen LogP) is 3.41. The lowest BCUT2D eigenvalue weighted by molar-refractivity contribution is -0.117. The van der Waals surface area contributed by atoms with E-state index in [-0.39, 0.29) is 23.8 Å². The fourth-order valence-electron chi connectivity index (χ4n) is 4.73. The highest BCUT2D eigenvalue weighted by atomic mass is 32.1. The van der Waals surface area contributed by atoms with Crippen LogP contribution in [0.25, 0.3) is 0 Å². The lowest BCUT2D eigenvalue weighted by Crippen LogP contribution is -2.52. The molecule has 2 saturated heterocycles. The summed E-state index contributed by atoms with van der Waals surface area (Å²) in [6.07, 6.45) is 2.12. The van der Waals surface area contributed by atoms with Crippen LogP contribution in [0.2, 0.25) is 0 Å². The van der Waals surface area contributed by atoms with Gasteiger partial charge in [0, 0.05) is 86.4 Å². The van der Waals surface area contributed by atoms with Crippen LogP contribution in [0.15, 0.2) is 60.1 Å². The van der Waals surface area contributed by atoms with Crippen LogP contribution in [0.5, 0.6) is 0 Å². The van der Waals surface area contributed by atoms with E-state index in [1.807, 2.05) is 63.7 Å². The molecule has 2 N–H and O–H groups in total. The minimum Gasteiger partial charge on any atom is -0.355 e. The number of rotatable bonds is 6. The lowest BCUT2D eigenvalue weighted by Gasteiger charge is -2.37. The molecular formula is C26H28N6O3S. The van der Waals surface area contributed by atoms with Crippen LogP contribution in [0.4, 0.5) is 22.7 Å². The SMILES string of the molecule is CC(=O)Nc1cccc(Nc2cccc(N3CC(N4CCN(C(=O)c5nccs5)CC4)CC3=O)c2)c1. The van der Waals surface area contributed by atoms with Gasteiger partial charge in [0.1, 0.15) is 0 Å². The number of amides is 3. The van der Waals surface area contributed by atoms with Gasteiger partial charge < -0.3 is 20.4 Å². The van der Waals surface area contributed by atoms with E-state index in [2.05, 4.69) is 20.5 Å². The Labute approximate surface area is 213 Å². The van der Waals surface area contributed by atoms with Crippen molar-refractivity contribution in [2.24, 2.45) is 0 Å². The molecule has 1 unspecified atom stereocenters. The molecule has 3 heterocycles. The van der Waals surface area contributed by atoms with E-state index in [0.717, 1.165) is 35.8 Å². The molecule has 2 aromatic carbocycles. The number of piperazine rings is 1. The van der Waals surface area contributed by atoms with Gasteiger partial charge in [-0.25, -0.2) is 4.98 Å². The fraction of sp³-hybridized carbons (Fsp3) is 0.308. The molecule has 1 atom stereocenters. The summed E-state index contributed by atoms with van der Waals surface area (Å²) in [5.41, 5.74) is 3.27. The largest absolute Gasteiger partial charge is 0.355 e. The number of anilines is 4. The summed E-state index contributed by atoms with van der Waals surface area (Å²) in [4.78, 5) is 47.0. The van der Waals surface area contributed by atoms with E-state index in [0.29, 0.717) is 31.1 Å². The number of carbonyl (C=O) groups is 3. The summed E-state index contributed by atoms with van der Waals surface area (Å²) in [6, 6.07) is 15.4. The zero-order chi connectivity index (χ0) is 25.1. The molecule has 3 aromatic rings. The minimum absolute atomic E-state index is 0.0132. The van der Waals surface area contributed by atoms with Crippen molar-refractivity contribution in [3.63, 3.8) is 0 Å². The number of benzene rings is 2. The number of nitrogens with one attached hydrogen (secondary N) is 2. The third-order valence-corrected chi connectivity index (χ3v) is 7.23.